The molecule has 2 rings (SSSR count). The Bertz CT molecular complexity index is 649. The third-order valence-electron chi connectivity index (χ3n) is 2.34. The van der Waals surface area contributed by atoms with Gasteiger partial charge in [0.05, 0.1) is 15.4 Å². The first kappa shape index (κ1) is 12.9. The van der Waals surface area contributed by atoms with Crippen molar-refractivity contribution in [1.82, 2.24) is 0 Å². The first-order chi connectivity index (χ1) is 9.08. The van der Waals surface area contributed by atoms with Crippen molar-refractivity contribution in [3.8, 4) is 0 Å². The van der Waals surface area contributed by atoms with Gasteiger partial charge in [0, 0.05) is 17.0 Å². The molecule has 0 spiro atoms. The summed E-state index contributed by atoms with van der Waals surface area (Å²) in [5, 5.41) is 21.6. The molecule has 0 amide bonds. The van der Waals surface area contributed by atoms with Gasteiger partial charge in [-0.05, 0) is 18.2 Å². The summed E-state index contributed by atoms with van der Waals surface area (Å²) in [7, 11) is 0. The van der Waals surface area contributed by atoms with Crippen molar-refractivity contribution in [2.75, 3.05) is 0 Å². The third kappa shape index (κ3) is 3.02. The summed E-state index contributed by atoms with van der Waals surface area (Å²) in [5.41, 5.74) is 0.376. The Labute approximate surface area is 111 Å². The Balaban J connectivity index is 2.41. The minimum atomic E-state index is -0.518. The first-order valence-electron chi connectivity index (χ1n) is 5.23. The van der Waals surface area contributed by atoms with Crippen LogP contribution in [-0.4, -0.2) is 9.85 Å². The molecule has 0 atom stereocenters. The van der Waals surface area contributed by atoms with Gasteiger partial charge < -0.3 is 0 Å². The summed E-state index contributed by atoms with van der Waals surface area (Å²) in [4.78, 5) is 21.1. The number of hydrogen-bond donors (Lipinski definition) is 0. The summed E-state index contributed by atoms with van der Waals surface area (Å²) in [5.74, 6) is 0. The standard InChI is InChI=1S/C12H8N2O4S/c15-13(16)11(9-4-2-1-3-5-9)8-10-6-7-12(19-10)14(17)18/h1-8H/b11-8+. The molecule has 0 saturated carbocycles. The van der Waals surface area contributed by atoms with E-state index in [1.54, 1.807) is 30.3 Å². The van der Waals surface area contributed by atoms with Crippen molar-refractivity contribution in [3.05, 3.63) is 73.1 Å². The van der Waals surface area contributed by atoms with Crippen molar-refractivity contribution in [3.63, 3.8) is 0 Å². The number of nitro groups is 2. The summed E-state index contributed by atoms with van der Waals surface area (Å²) in [6.07, 6.45) is 1.34. The van der Waals surface area contributed by atoms with E-state index in [0.717, 1.165) is 11.3 Å². The average Bonchev–Trinajstić information content (AvgIpc) is 2.85. The van der Waals surface area contributed by atoms with Gasteiger partial charge in [-0.2, -0.15) is 0 Å². The molecule has 0 radical (unpaired) electrons. The molecule has 19 heavy (non-hydrogen) atoms. The lowest BCUT2D eigenvalue weighted by atomic mass is 10.1. The first-order valence-corrected chi connectivity index (χ1v) is 6.05. The Morgan fingerprint density at radius 1 is 1.05 bits per heavy atom. The molecule has 1 heterocycles. The highest BCUT2D eigenvalue weighted by Crippen LogP contribution is 2.28. The second-order valence-corrected chi connectivity index (χ2v) is 4.68. The summed E-state index contributed by atoms with van der Waals surface area (Å²) < 4.78 is 0. The van der Waals surface area contributed by atoms with Crippen molar-refractivity contribution in [1.29, 1.82) is 0 Å². The molecular weight excluding hydrogens is 268 g/mol. The van der Waals surface area contributed by atoms with Crippen LogP contribution in [0.15, 0.2) is 42.5 Å². The van der Waals surface area contributed by atoms with Crippen LogP contribution in [0.25, 0.3) is 11.8 Å². The zero-order valence-corrected chi connectivity index (χ0v) is 10.4. The van der Waals surface area contributed by atoms with Crippen LogP contribution in [0, 0.1) is 20.2 Å². The van der Waals surface area contributed by atoms with E-state index in [4.69, 9.17) is 0 Å². The van der Waals surface area contributed by atoms with E-state index < -0.39 is 9.85 Å². The van der Waals surface area contributed by atoms with Crippen LogP contribution in [0.1, 0.15) is 10.4 Å². The number of hydrogen-bond acceptors (Lipinski definition) is 5. The zero-order valence-electron chi connectivity index (χ0n) is 9.55. The number of benzene rings is 1. The molecule has 0 aliphatic heterocycles. The molecule has 0 saturated heterocycles. The van der Waals surface area contributed by atoms with Gasteiger partial charge >= 0.3 is 5.00 Å². The second kappa shape index (κ2) is 5.40. The Morgan fingerprint density at radius 2 is 1.74 bits per heavy atom. The SMILES string of the molecule is O=[N+]([O-])/C(=C/c1ccc([N+](=O)[O-])s1)c1ccccc1. The molecule has 6 nitrogen and oxygen atoms in total. The van der Waals surface area contributed by atoms with E-state index in [1.807, 2.05) is 0 Å². The number of thiophene rings is 1. The fourth-order valence-electron chi connectivity index (χ4n) is 1.50. The Kier molecular flexibility index (Phi) is 3.67. The summed E-state index contributed by atoms with van der Waals surface area (Å²) in [6.45, 7) is 0. The molecule has 1 aromatic carbocycles. The van der Waals surface area contributed by atoms with Gasteiger partial charge in [0.15, 0.2) is 0 Å². The molecule has 2 aromatic rings. The van der Waals surface area contributed by atoms with E-state index in [9.17, 15) is 20.2 Å². The zero-order chi connectivity index (χ0) is 13.8. The van der Waals surface area contributed by atoms with Crippen LogP contribution < -0.4 is 0 Å². The molecule has 0 bridgehead atoms. The molecule has 0 unspecified atom stereocenters. The molecule has 0 fully saturated rings. The molecule has 1 aromatic heterocycles. The predicted molar refractivity (Wildman–Crippen MR) is 72.3 cm³/mol. The van der Waals surface area contributed by atoms with Crippen LogP contribution in [-0.2, 0) is 0 Å². The summed E-state index contributed by atoms with van der Waals surface area (Å²) >= 11 is 0.901. The molecule has 0 aliphatic carbocycles. The Morgan fingerprint density at radius 3 is 2.26 bits per heavy atom. The van der Waals surface area contributed by atoms with Crippen LogP contribution >= 0.6 is 11.3 Å². The highest BCUT2D eigenvalue weighted by Gasteiger charge is 2.16. The summed E-state index contributed by atoms with van der Waals surface area (Å²) in [6, 6.07) is 11.2. The fourth-order valence-corrected chi connectivity index (χ4v) is 2.26. The molecular formula is C12H8N2O4S. The predicted octanol–water partition coefficient (Wildman–Crippen LogP) is 3.43. The van der Waals surface area contributed by atoms with Gasteiger partial charge in [0.1, 0.15) is 0 Å². The highest BCUT2D eigenvalue weighted by atomic mass is 32.1. The van der Waals surface area contributed by atoms with E-state index >= 15 is 0 Å². The lowest BCUT2D eigenvalue weighted by Gasteiger charge is -1.97. The van der Waals surface area contributed by atoms with Crippen molar-refractivity contribution in [2.45, 2.75) is 0 Å². The molecule has 96 valence electrons. The maximum absolute atomic E-state index is 11.1. The van der Waals surface area contributed by atoms with Gasteiger partial charge in [0.25, 0.3) is 5.70 Å². The van der Waals surface area contributed by atoms with E-state index in [-0.39, 0.29) is 10.7 Å². The third-order valence-corrected chi connectivity index (χ3v) is 3.32. The lowest BCUT2D eigenvalue weighted by Crippen LogP contribution is -1.96. The second-order valence-electron chi connectivity index (χ2n) is 3.59. The van der Waals surface area contributed by atoms with E-state index in [0.29, 0.717) is 10.4 Å². The van der Waals surface area contributed by atoms with Crippen LogP contribution in [0.5, 0.6) is 0 Å². The quantitative estimate of drug-likeness (QED) is 0.632. The molecule has 7 heteroatoms. The van der Waals surface area contributed by atoms with Crippen molar-refractivity contribution < 1.29 is 9.85 Å². The lowest BCUT2D eigenvalue weighted by molar-refractivity contribution is -0.380. The average molecular weight is 276 g/mol. The largest absolute Gasteiger partial charge is 0.324 e. The minimum absolute atomic E-state index is 0.0398. The van der Waals surface area contributed by atoms with Gasteiger partial charge in [-0.25, -0.2) is 0 Å². The van der Waals surface area contributed by atoms with Crippen molar-refractivity contribution >= 4 is 28.1 Å². The van der Waals surface area contributed by atoms with Crippen LogP contribution in [0.4, 0.5) is 5.00 Å². The Hall–Kier alpha value is -2.54. The van der Waals surface area contributed by atoms with Crippen molar-refractivity contribution in [2.24, 2.45) is 0 Å². The maximum Gasteiger partial charge on any atom is 0.324 e. The van der Waals surface area contributed by atoms with Gasteiger partial charge in [-0.1, -0.05) is 29.5 Å². The number of nitrogens with zero attached hydrogens (tertiary/aromatic N) is 2. The topological polar surface area (TPSA) is 86.3 Å². The fraction of sp³-hybridized carbons (Fsp3) is 0. The monoisotopic (exact) mass is 276 g/mol. The normalized spacial score (nSPS) is 11.3. The maximum atomic E-state index is 11.1. The molecule has 0 N–H and O–H groups in total. The van der Waals surface area contributed by atoms with E-state index in [2.05, 4.69) is 0 Å². The van der Waals surface area contributed by atoms with Gasteiger partial charge in [-0.15, -0.1) is 0 Å². The van der Waals surface area contributed by atoms with Crippen LogP contribution in [0.2, 0.25) is 0 Å². The highest BCUT2D eigenvalue weighted by molar-refractivity contribution is 7.16. The van der Waals surface area contributed by atoms with E-state index in [1.165, 1.54) is 18.2 Å². The minimum Gasteiger partial charge on any atom is -0.258 e. The van der Waals surface area contributed by atoms with Crippen LogP contribution in [0.3, 0.4) is 0 Å². The van der Waals surface area contributed by atoms with Gasteiger partial charge in [0.2, 0.25) is 0 Å². The van der Waals surface area contributed by atoms with Gasteiger partial charge in [-0.3, -0.25) is 20.2 Å². The molecule has 0 aliphatic rings. The number of rotatable bonds is 4. The smallest absolute Gasteiger partial charge is 0.258 e.